The van der Waals surface area contributed by atoms with Gasteiger partial charge in [0.25, 0.3) is 5.56 Å². The molecule has 1 aliphatic rings. The summed E-state index contributed by atoms with van der Waals surface area (Å²) >= 11 is 0. The first-order valence-electron chi connectivity index (χ1n) is 13.9. The van der Waals surface area contributed by atoms with Gasteiger partial charge in [-0.1, -0.05) is 54.6 Å². The Morgan fingerprint density at radius 2 is 1.47 bits per heavy atom. The molecule has 1 aromatic heterocycles. The second kappa shape index (κ2) is 12.7. The van der Waals surface area contributed by atoms with Crippen LogP contribution < -0.4 is 20.7 Å². The molecule has 0 saturated carbocycles. The summed E-state index contributed by atoms with van der Waals surface area (Å²) < 4.78 is 31.1. The molecule has 5 rings (SSSR count). The summed E-state index contributed by atoms with van der Waals surface area (Å²) in [5.74, 6) is 0.904. The molecule has 0 radical (unpaired) electrons. The minimum Gasteiger partial charge on any atom is -0.497 e. The first-order chi connectivity index (χ1) is 20.7. The van der Waals surface area contributed by atoms with Crippen LogP contribution in [0.1, 0.15) is 41.8 Å². The van der Waals surface area contributed by atoms with E-state index < -0.39 is 41.3 Å². The van der Waals surface area contributed by atoms with E-state index in [4.69, 9.17) is 23.7 Å². The second-order valence-electron chi connectivity index (χ2n) is 10.3. The third kappa shape index (κ3) is 6.11. The normalized spacial score (nSPS) is 18.3. The minimum absolute atomic E-state index is 0.00150. The van der Waals surface area contributed by atoms with Crippen molar-refractivity contribution < 1.29 is 28.5 Å². The predicted molar refractivity (Wildman–Crippen MR) is 158 cm³/mol. The molecule has 0 spiro atoms. The van der Waals surface area contributed by atoms with Gasteiger partial charge in [0.2, 0.25) is 0 Å². The van der Waals surface area contributed by atoms with Gasteiger partial charge >= 0.3 is 11.7 Å². The third-order valence-corrected chi connectivity index (χ3v) is 7.59. The fraction of sp³-hybridized carbons (Fsp3) is 0.303. The Hall–Kier alpha value is -4.67. The Labute approximate surface area is 248 Å². The predicted octanol–water partition coefficient (Wildman–Crippen LogP) is 4.09. The number of aryl methyl sites for hydroxylation is 1. The van der Waals surface area contributed by atoms with Crippen molar-refractivity contribution in [2.45, 2.75) is 44.3 Å². The van der Waals surface area contributed by atoms with Crippen molar-refractivity contribution in [2.24, 2.45) is 0 Å². The van der Waals surface area contributed by atoms with Crippen LogP contribution in [0, 0.1) is 6.92 Å². The largest absolute Gasteiger partial charge is 0.497 e. The average Bonchev–Trinajstić information content (AvgIpc) is 3.41. The van der Waals surface area contributed by atoms with Crippen LogP contribution in [-0.4, -0.2) is 48.6 Å². The molecule has 224 valence electrons. The first-order valence-corrected chi connectivity index (χ1v) is 13.9. The van der Waals surface area contributed by atoms with Crippen LogP contribution in [0.2, 0.25) is 0 Å². The maximum atomic E-state index is 12.7. The Kier molecular flexibility index (Phi) is 8.79. The molecule has 2 heterocycles. The zero-order valence-corrected chi connectivity index (χ0v) is 24.4. The Balaban J connectivity index is 1.58. The van der Waals surface area contributed by atoms with Crippen molar-refractivity contribution in [2.75, 3.05) is 20.8 Å². The Morgan fingerprint density at radius 3 is 2.00 bits per heavy atom. The fourth-order valence-electron chi connectivity index (χ4n) is 5.44. The molecule has 1 unspecified atom stereocenters. The third-order valence-electron chi connectivity index (χ3n) is 7.59. The molecule has 10 nitrogen and oxygen atoms in total. The summed E-state index contributed by atoms with van der Waals surface area (Å²) in [6.07, 6.45) is -0.575. The fourth-order valence-corrected chi connectivity index (χ4v) is 5.44. The van der Waals surface area contributed by atoms with E-state index in [0.29, 0.717) is 17.1 Å². The van der Waals surface area contributed by atoms with Crippen molar-refractivity contribution in [1.29, 1.82) is 0 Å². The van der Waals surface area contributed by atoms with E-state index in [1.807, 2.05) is 78.9 Å². The lowest BCUT2D eigenvalue weighted by Gasteiger charge is -2.37. The number of aromatic nitrogens is 2. The number of nitrogens with one attached hydrogen (secondary N) is 1. The van der Waals surface area contributed by atoms with Crippen LogP contribution in [0.3, 0.4) is 0 Å². The highest BCUT2D eigenvalue weighted by Gasteiger charge is 2.43. The van der Waals surface area contributed by atoms with Gasteiger partial charge in [0.05, 0.1) is 20.8 Å². The molecule has 4 aromatic rings. The van der Waals surface area contributed by atoms with Gasteiger partial charge in [-0.2, -0.15) is 0 Å². The number of nitrogens with zero attached hydrogens (tertiary/aromatic N) is 1. The average molecular weight is 587 g/mol. The van der Waals surface area contributed by atoms with Crippen molar-refractivity contribution in [3.63, 3.8) is 0 Å². The van der Waals surface area contributed by atoms with Crippen LogP contribution in [0.5, 0.6) is 11.5 Å². The number of H-pyrrole nitrogens is 1. The number of rotatable bonds is 10. The van der Waals surface area contributed by atoms with Crippen molar-refractivity contribution in [3.05, 3.63) is 128 Å². The van der Waals surface area contributed by atoms with Gasteiger partial charge in [-0.15, -0.1) is 0 Å². The molecule has 3 atom stereocenters. The molecule has 0 bridgehead atoms. The quantitative estimate of drug-likeness (QED) is 0.218. The molecular weight excluding hydrogens is 552 g/mol. The van der Waals surface area contributed by atoms with Crippen LogP contribution in [-0.2, 0) is 24.6 Å². The summed E-state index contributed by atoms with van der Waals surface area (Å²) in [7, 11) is 3.22. The number of hydrogen-bond acceptors (Lipinski definition) is 8. The summed E-state index contributed by atoms with van der Waals surface area (Å²) in [4.78, 5) is 39.0. The number of esters is 1. The molecule has 0 amide bonds. The molecule has 1 aliphatic heterocycles. The highest BCUT2D eigenvalue weighted by atomic mass is 16.6. The van der Waals surface area contributed by atoms with Crippen LogP contribution in [0.4, 0.5) is 0 Å². The number of ether oxygens (including phenoxy) is 5. The number of carbonyl (C=O) groups excluding carboxylic acids is 1. The highest BCUT2D eigenvalue weighted by molar-refractivity contribution is 5.66. The van der Waals surface area contributed by atoms with E-state index in [1.54, 1.807) is 21.1 Å². The van der Waals surface area contributed by atoms with E-state index in [1.165, 1.54) is 17.7 Å². The van der Waals surface area contributed by atoms with Crippen LogP contribution in [0.25, 0.3) is 0 Å². The second-order valence-corrected chi connectivity index (χ2v) is 10.3. The lowest BCUT2D eigenvalue weighted by Crippen LogP contribution is -2.39. The molecule has 1 N–H and O–H groups in total. The van der Waals surface area contributed by atoms with Crippen LogP contribution in [0.15, 0.2) is 94.6 Å². The summed E-state index contributed by atoms with van der Waals surface area (Å²) in [5.41, 5.74) is 0.672. The van der Waals surface area contributed by atoms with Gasteiger partial charge in [0, 0.05) is 25.1 Å². The van der Waals surface area contributed by atoms with Crippen molar-refractivity contribution in [3.8, 4) is 11.5 Å². The van der Waals surface area contributed by atoms with Crippen molar-refractivity contribution >= 4 is 5.97 Å². The van der Waals surface area contributed by atoms with E-state index in [-0.39, 0.29) is 13.0 Å². The van der Waals surface area contributed by atoms with Crippen LogP contribution >= 0.6 is 0 Å². The molecule has 43 heavy (non-hydrogen) atoms. The van der Waals surface area contributed by atoms with Gasteiger partial charge in [-0.3, -0.25) is 19.1 Å². The standard InChI is InChI=1S/C33H34N2O8/c1-21-19-35(32(38)34-31(21)37)30-18-28(42-22(2)36)29(43-30)20-41-33(23-8-6-5-7-9-23,24-10-14-26(39-3)15-11-24)25-12-16-27(40-4)17-13-25/h5-17,19,28-30H,18,20H2,1-4H3,(H,34,37,38)/t28?,29-,30-/m1/s1. The van der Waals surface area contributed by atoms with Crippen molar-refractivity contribution in [1.82, 2.24) is 9.55 Å². The van der Waals surface area contributed by atoms with Gasteiger partial charge in [0.1, 0.15) is 35.5 Å². The number of methoxy groups -OCH3 is 2. The van der Waals surface area contributed by atoms with E-state index in [2.05, 4.69) is 4.98 Å². The maximum Gasteiger partial charge on any atom is 0.330 e. The van der Waals surface area contributed by atoms with E-state index >= 15 is 0 Å². The Bertz CT molecular complexity index is 1620. The zero-order valence-electron chi connectivity index (χ0n) is 24.4. The zero-order chi connectivity index (χ0) is 30.6. The number of carbonyl (C=O) groups is 1. The Morgan fingerprint density at radius 1 is 0.907 bits per heavy atom. The van der Waals surface area contributed by atoms with Gasteiger partial charge in [-0.25, -0.2) is 4.79 Å². The number of benzene rings is 3. The molecule has 1 saturated heterocycles. The number of aromatic amines is 1. The summed E-state index contributed by atoms with van der Waals surface area (Å²) in [5, 5.41) is 0. The minimum atomic E-state index is -1.12. The molecular formula is C33H34N2O8. The summed E-state index contributed by atoms with van der Waals surface area (Å²) in [6, 6.07) is 25.0. The SMILES string of the molecule is COc1ccc(C(OC[C@H]2O[C@@H](n3cc(C)c(=O)[nH]c3=O)CC2OC(C)=O)(c2ccccc2)c2ccc(OC)cc2)cc1. The molecule has 10 heteroatoms. The number of hydrogen-bond donors (Lipinski definition) is 1. The lowest BCUT2D eigenvalue weighted by molar-refractivity contribution is -0.153. The van der Waals surface area contributed by atoms with Gasteiger partial charge in [0.15, 0.2) is 0 Å². The maximum absolute atomic E-state index is 12.7. The molecule has 1 fully saturated rings. The summed E-state index contributed by atoms with van der Waals surface area (Å²) in [6.45, 7) is 2.93. The highest BCUT2D eigenvalue weighted by Crippen LogP contribution is 2.43. The topological polar surface area (TPSA) is 118 Å². The van der Waals surface area contributed by atoms with Gasteiger partial charge in [-0.05, 0) is 47.9 Å². The smallest absolute Gasteiger partial charge is 0.330 e. The van der Waals surface area contributed by atoms with E-state index in [9.17, 15) is 14.4 Å². The van der Waals surface area contributed by atoms with Gasteiger partial charge < -0.3 is 23.7 Å². The lowest BCUT2D eigenvalue weighted by atomic mass is 9.80. The molecule has 3 aromatic carbocycles. The molecule has 0 aliphatic carbocycles. The monoisotopic (exact) mass is 586 g/mol. The first kappa shape index (κ1) is 29.8. The van der Waals surface area contributed by atoms with E-state index in [0.717, 1.165) is 16.7 Å².